The standard InChI is InChI=1S/C17H19N3O2S/c1-3-13(10-21)18-16(22)15-11(2)20-9-14(19-17(20)23-15)12-7-5-4-6-8-12/h4-9,13,21H,3,10H2,1-2H3,(H,18,22). The molecular weight excluding hydrogens is 310 g/mol. The van der Waals surface area contributed by atoms with Crippen LogP contribution in [0.15, 0.2) is 36.5 Å². The third kappa shape index (κ3) is 3.00. The number of thiazole rings is 1. The van der Waals surface area contributed by atoms with Crippen molar-refractivity contribution in [2.75, 3.05) is 6.61 Å². The minimum Gasteiger partial charge on any atom is -0.394 e. The lowest BCUT2D eigenvalue weighted by molar-refractivity contribution is 0.0918. The SMILES string of the molecule is CCC(CO)NC(=O)c1sc2nc(-c3ccccc3)cn2c1C. The van der Waals surface area contributed by atoms with Crippen LogP contribution in [0, 0.1) is 6.92 Å². The summed E-state index contributed by atoms with van der Waals surface area (Å²) in [6, 6.07) is 9.75. The number of benzene rings is 1. The molecule has 3 rings (SSSR count). The topological polar surface area (TPSA) is 66.6 Å². The van der Waals surface area contributed by atoms with Crippen molar-refractivity contribution in [1.29, 1.82) is 0 Å². The fourth-order valence-corrected chi connectivity index (χ4v) is 3.45. The second-order valence-corrected chi connectivity index (χ2v) is 6.40. The molecule has 5 nitrogen and oxygen atoms in total. The van der Waals surface area contributed by atoms with Crippen molar-refractivity contribution >= 4 is 22.2 Å². The third-order valence-electron chi connectivity index (χ3n) is 3.88. The summed E-state index contributed by atoms with van der Waals surface area (Å²) in [6.45, 7) is 3.79. The van der Waals surface area contributed by atoms with Crippen LogP contribution in [-0.2, 0) is 0 Å². The monoisotopic (exact) mass is 329 g/mol. The van der Waals surface area contributed by atoms with Gasteiger partial charge in [0.25, 0.3) is 5.91 Å². The fraction of sp³-hybridized carbons (Fsp3) is 0.294. The van der Waals surface area contributed by atoms with Crippen molar-refractivity contribution in [3.05, 3.63) is 47.1 Å². The summed E-state index contributed by atoms with van der Waals surface area (Å²) in [7, 11) is 0. The Morgan fingerprint density at radius 1 is 1.39 bits per heavy atom. The minimum atomic E-state index is -0.212. The minimum absolute atomic E-state index is 0.0536. The Hall–Kier alpha value is -2.18. The van der Waals surface area contributed by atoms with Gasteiger partial charge in [-0.25, -0.2) is 4.98 Å². The first-order valence-electron chi connectivity index (χ1n) is 7.59. The maximum atomic E-state index is 12.4. The van der Waals surface area contributed by atoms with Crippen molar-refractivity contribution in [3.63, 3.8) is 0 Å². The van der Waals surface area contributed by atoms with E-state index in [9.17, 15) is 9.90 Å². The number of amides is 1. The number of imidazole rings is 1. The van der Waals surface area contributed by atoms with E-state index >= 15 is 0 Å². The van der Waals surface area contributed by atoms with E-state index in [1.807, 2.05) is 54.8 Å². The number of nitrogens with zero attached hydrogens (tertiary/aromatic N) is 2. The van der Waals surface area contributed by atoms with Gasteiger partial charge in [-0.2, -0.15) is 0 Å². The van der Waals surface area contributed by atoms with Gasteiger partial charge in [0.05, 0.1) is 18.3 Å². The van der Waals surface area contributed by atoms with Gasteiger partial charge in [-0.05, 0) is 13.3 Å². The first-order valence-corrected chi connectivity index (χ1v) is 8.41. The van der Waals surface area contributed by atoms with Crippen molar-refractivity contribution in [2.45, 2.75) is 26.3 Å². The molecule has 0 bridgehead atoms. The molecule has 0 aliphatic heterocycles. The molecule has 1 unspecified atom stereocenters. The number of aliphatic hydroxyl groups is 1. The number of aryl methyl sites for hydroxylation is 1. The number of aliphatic hydroxyl groups excluding tert-OH is 1. The molecule has 0 spiro atoms. The van der Waals surface area contributed by atoms with Crippen molar-refractivity contribution in [3.8, 4) is 11.3 Å². The van der Waals surface area contributed by atoms with Crippen LogP contribution in [0.4, 0.5) is 0 Å². The van der Waals surface area contributed by atoms with E-state index in [4.69, 9.17) is 0 Å². The lowest BCUT2D eigenvalue weighted by Gasteiger charge is -2.13. The van der Waals surface area contributed by atoms with Crippen LogP contribution in [0.25, 0.3) is 16.2 Å². The van der Waals surface area contributed by atoms with E-state index in [1.165, 1.54) is 11.3 Å². The van der Waals surface area contributed by atoms with E-state index in [1.54, 1.807) is 0 Å². The van der Waals surface area contributed by atoms with Crippen LogP contribution in [0.1, 0.15) is 28.7 Å². The molecule has 2 heterocycles. The van der Waals surface area contributed by atoms with Gasteiger partial charge in [-0.1, -0.05) is 48.6 Å². The largest absolute Gasteiger partial charge is 0.394 e. The zero-order chi connectivity index (χ0) is 16.4. The van der Waals surface area contributed by atoms with Gasteiger partial charge < -0.3 is 10.4 Å². The van der Waals surface area contributed by atoms with Crippen LogP contribution in [0.5, 0.6) is 0 Å². The summed E-state index contributed by atoms with van der Waals surface area (Å²) in [6.07, 6.45) is 2.65. The molecule has 0 saturated carbocycles. The van der Waals surface area contributed by atoms with Crippen molar-refractivity contribution < 1.29 is 9.90 Å². The second kappa shape index (κ2) is 6.52. The Bertz CT molecular complexity index is 819. The Morgan fingerprint density at radius 2 is 2.13 bits per heavy atom. The van der Waals surface area contributed by atoms with E-state index < -0.39 is 0 Å². The highest BCUT2D eigenvalue weighted by Crippen LogP contribution is 2.27. The smallest absolute Gasteiger partial charge is 0.263 e. The molecule has 6 heteroatoms. The first kappa shape index (κ1) is 15.7. The van der Waals surface area contributed by atoms with Crippen LogP contribution < -0.4 is 5.32 Å². The Labute approximate surface area is 138 Å². The average molecular weight is 329 g/mol. The Kier molecular flexibility index (Phi) is 4.45. The van der Waals surface area contributed by atoms with Crippen LogP contribution in [0.3, 0.4) is 0 Å². The second-order valence-electron chi connectivity index (χ2n) is 5.42. The molecule has 120 valence electrons. The van der Waals surface area contributed by atoms with Gasteiger partial charge in [-0.3, -0.25) is 9.20 Å². The summed E-state index contributed by atoms with van der Waals surface area (Å²) in [5.41, 5.74) is 2.82. The normalized spacial score (nSPS) is 12.5. The molecule has 0 aliphatic carbocycles. The van der Waals surface area contributed by atoms with Crippen LogP contribution >= 0.6 is 11.3 Å². The molecular formula is C17H19N3O2S. The molecule has 2 N–H and O–H groups in total. The number of fused-ring (bicyclic) bond motifs is 1. The molecule has 0 saturated heterocycles. The summed E-state index contributed by atoms with van der Waals surface area (Å²) < 4.78 is 1.95. The molecule has 0 aliphatic rings. The Morgan fingerprint density at radius 3 is 2.74 bits per heavy atom. The molecule has 0 radical (unpaired) electrons. The first-order chi connectivity index (χ1) is 11.1. The molecule has 3 aromatic rings. The number of hydrogen-bond donors (Lipinski definition) is 2. The molecule has 1 aromatic carbocycles. The molecule has 0 fully saturated rings. The van der Waals surface area contributed by atoms with E-state index in [0.717, 1.165) is 21.9 Å². The zero-order valence-corrected chi connectivity index (χ0v) is 13.9. The van der Waals surface area contributed by atoms with Gasteiger partial charge >= 0.3 is 0 Å². The summed E-state index contributed by atoms with van der Waals surface area (Å²) in [4.78, 5) is 18.4. The van der Waals surface area contributed by atoms with Gasteiger partial charge in [0.1, 0.15) is 4.88 Å². The van der Waals surface area contributed by atoms with E-state index in [0.29, 0.717) is 11.3 Å². The number of rotatable bonds is 5. The molecule has 1 atom stereocenters. The number of aromatic nitrogens is 2. The maximum absolute atomic E-state index is 12.4. The summed E-state index contributed by atoms with van der Waals surface area (Å²) in [5, 5.41) is 12.1. The van der Waals surface area contributed by atoms with Crippen LogP contribution in [0.2, 0.25) is 0 Å². The molecule has 1 amide bonds. The molecule has 23 heavy (non-hydrogen) atoms. The fourth-order valence-electron chi connectivity index (χ4n) is 2.44. The van der Waals surface area contributed by atoms with Gasteiger partial charge in [0.15, 0.2) is 4.96 Å². The van der Waals surface area contributed by atoms with E-state index in [-0.39, 0.29) is 18.6 Å². The molecule has 2 aromatic heterocycles. The highest BCUT2D eigenvalue weighted by molar-refractivity contribution is 7.19. The predicted octanol–water partition coefficient (Wildman–Crippen LogP) is 2.87. The van der Waals surface area contributed by atoms with Crippen LogP contribution in [-0.4, -0.2) is 33.0 Å². The summed E-state index contributed by atoms with van der Waals surface area (Å²) in [5.74, 6) is -0.153. The average Bonchev–Trinajstić information content (AvgIpc) is 3.13. The highest BCUT2D eigenvalue weighted by Gasteiger charge is 2.19. The lowest BCUT2D eigenvalue weighted by atomic mass is 10.2. The number of hydrogen-bond acceptors (Lipinski definition) is 4. The Balaban J connectivity index is 1.91. The summed E-state index contributed by atoms with van der Waals surface area (Å²) >= 11 is 1.37. The number of nitrogens with one attached hydrogen (secondary N) is 1. The quantitative estimate of drug-likeness (QED) is 0.756. The van der Waals surface area contributed by atoms with Gasteiger partial charge in [0, 0.05) is 17.5 Å². The maximum Gasteiger partial charge on any atom is 0.263 e. The zero-order valence-electron chi connectivity index (χ0n) is 13.1. The van der Waals surface area contributed by atoms with Crippen molar-refractivity contribution in [2.24, 2.45) is 0 Å². The highest BCUT2D eigenvalue weighted by atomic mass is 32.1. The van der Waals surface area contributed by atoms with Gasteiger partial charge in [-0.15, -0.1) is 0 Å². The number of carbonyl (C=O) groups excluding carboxylic acids is 1. The lowest BCUT2D eigenvalue weighted by Crippen LogP contribution is -2.36. The predicted molar refractivity (Wildman–Crippen MR) is 91.9 cm³/mol. The van der Waals surface area contributed by atoms with Crippen molar-refractivity contribution in [1.82, 2.24) is 14.7 Å². The third-order valence-corrected chi connectivity index (χ3v) is 5.04. The van der Waals surface area contributed by atoms with E-state index in [2.05, 4.69) is 10.3 Å². The van der Waals surface area contributed by atoms with Gasteiger partial charge in [0.2, 0.25) is 0 Å². The number of carbonyl (C=O) groups is 1.